The van der Waals surface area contributed by atoms with Crippen LogP contribution in [0.3, 0.4) is 0 Å². The van der Waals surface area contributed by atoms with E-state index < -0.39 is 4.92 Å². The Morgan fingerprint density at radius 1 is 1.08 bits per heavy atom. The van der Waals surface area contributed by atoms with Gasteiger partial charge in [0.25, 0.3) is 11.6 Å². The van der Waals surface area contributed by atoms with Gasteiger partial charge in [0.2, 0.25) is 0 Å². The molecular weight excluding hydrogens is 356 g/mol. The molecule has 0 aromatic heterocycles. The van der Waals surface area contributed by atoms with Gasteiger partial charge in [-0.2, -0.15) is 0 Å². The van der Waals surface area contributed by atoms with Gasteiger partial charge in [-0.25, -0.2) is 0 Å². The number of hydrogen-bond donors (Lipinski definition) is 0. The molecule has 1 aliphatic rings. The number of halogens is 1. The van der Waals surface area contributed by atoms with Crippen molar-refractivity contribution < 1.29 is 14.5 Å². The molecule has 7 heteroatoms. The van der Waals surface area contributed by atoms with Crippen LogP contribution in [0.5, 0.6) is 0 Å². The van der Waals surface area contributed by atoms with Gasteiger partial charge in [0.05, 0.1) is 15.5 Å². The van der Waals surface area contributed by atoms with Crippen molar-refractivity contribution in [2.75, 3.05) is 13.1 Å². The Morgan fingerprint density at radius 3 is 2.31 bits per heavy atom. The largest absolute Gasteiger partial charge is 0.339 e. The number of non-ortho nitro benzene ring substituents is 1. The fourth-order valence-corrected chi connectivity index (χ4v) is 3.40. The summed E-state index contributed by atoms with van der Waals surface area (Å²) in [5.74, 6) is -0.268. The number of amides is 1. The first-order valence-electron chi connectivity index (χ1n) is 8.30. The highest BCUT2D eigenvalue weighted by Gasteiger charge is 2.29. The first-order valence-corrected chi connectivity index (χ1v) is 8.67. The monoisotopic (exact) mass is 372 g/mol. The van der Waals surface area contributed by atoms with Crippen molar-refractivity contribution in [2.45, 2.75) is 12.8 Å². The number of Topliss-reactive ketones (excluding diaryl/α,β-unsaturated/α-hetero) is 1. The molecule has 6 nitrogen and oxygen atoms in total. The molecule has 1 heterocycles. The molecule has 0 unspecified atom stereocenters. The van der Waals surface area contributed by atoms with Crippen LogP contribution in [0.15, 0.2) is 48.5 Å². The summed E-state index contributed by atoms with van der Waals surface area (Å²) in [6.07, 6.45) is 1.17. The van der Waals surface area contributed by atoms with E-state index in [0.29, 0.717) is 31.5 Å². The second-order valence-electron chi connectivity index (χ2n) is 6.22. The van der Waals surface area contributed by atoms with Crippen molar-refractivity contribution in [1.29, 1.82) is 0 Å². The standard InChI is InChI=1S/C19H17ClN2O4/c20-17-12-15(22(25)26)6-7-16(17)19(24)21-10-8-14(9-11-21)18(23)13-4-2-1-3-5-13/h1-7,12,14H,8-11H2. The summed E-state index contributed by atoms with van der Waals surface area (Å²) >= 11 is 6.04. The van der Waals surface area contributed by atoms with Gasteiger partial charge < -0.3 is 4.90 Å². The first-order chi connectivity index (χ1) is 12.5. The van der Waals surface area contributed by atoms with Crippen LogP contribution in [0.4, 0.5) is 5.69 Å². The number of likely N-dealkylation sites (tertiary alicyclic amines) is 1. The molecule has 2 aromatic rings. The third-order valence-corrected chi connectivity index (χ3v) is 4.92. The first kappa shape index (κ1) is 18.1. The van der Waals surface area contributed by atoms with Gasteiger partial charge in [0, 0.05) is 36.7 Å². The van der Waals surface area contributed by atoms with Crippen molar-refractivity contribution in [3.05, 3.63) is 74.8 Å². The van der Waals surface area contributed by atoms with Crippen molar-refractivity contribution in [3.8, 4) is 0 Å². The van der Waals surface area contributed by atoms with Gasteiger partial charge in [0.1, 0.15) is 0 Å². The van der Waals surface area contributed by atoms with Crippen LogP contribution in [0.1, 0.15) is 33.6 Å². The third-order valence-electron chi connectivity index (χ3n) is 4.61. The zero-order valence-electron chi connectivity index (χ0n) is 13.9. The van der Waals surface area contributed by atoms with Crippen LogP contribution < -0.4 is 0 Å². The Bertz CT molecular complexity index is 846. The number of nitrogens with zero attached hydrogens (tertiary/aromatic N) is 2. The molecule has 0 aliphatic carbocycles. The number of benzene rings is 2. The van der Waals surface area contributed by atoms with E-state index in [1.165, 1.54) is 18.2 Å². The Morgan fingerprint density at radius 2 is 1.73 bits per heavy atom. The van der Waals surface area contributed by atoms with Gasteiger partial charge >= 0.3 is 0 Å². The van der Waals surface area contributed by atoms with E-state index in [-0.39, 0.29) is 33.9 Å². The number of carbonyl (C=O) groups is 2. The summed E-state index contributed by atoms with van der Waals surface area (Å²) in [5, 5.41) is 10.8. The summed E-state index contributed by atoms with van der Waals surface area (Å²) in [6, 6.07) is 13.0. The minimum absolute atomic E-state index is 0.0617. The zero-order valence-corrected chi connectivity index (χ0v) is 14.7. The van der Waals surface area contributed by atoms with E-state index in [9.17, 15) is 19.7 Å². The number of nitro groups is 1. The lowest BCUT2D eigenvalue weighted by Crippen LogP contribution is -2.40. The minimum Gasteiger partial charge on any atom is -0.339 e. The smallest absolute Gasteiger partial charge is 0.270 e. The van der Waals surface area contributed by atoms with E-state index >= 15 is 0 Å². The second-order valence-corrected chi connectivity index (χ2v) is 6.63. The van der Waals surface area contributed by atoms with Crippen molar-refractivity contribution in [3.63, 3.8) is 0 Å². The Hall–Kier alpha value is -2.73. The highest BCUT2D eigenvalue weighted by molar-refractivity contribution is 6.34. The van der Waals surface area contributed by atoms with E-state index in [1.807, 2.05) is 18.2 Å². The average Bonchev–Trinajstić information content (AvgIpc) is 2.67. The molecule has 0 saturated carbocycles. The van der Waals surface area contributed by atoms with Crippen molar-refractivity contribution in [1.82, 2.24) is 4.90 Å². The summed E-state index contributed by atoms with van der Waals surface area (Å²) in [5.41, 5.74) is 0.777. The Labute approximate surface area is 155 Å². The SMILES string of the molecule is O=C(c1ccccc1)C1CCN(C(=O)c2ccc([N+](=O)[O-])cc2Cl)CC1. The zero-order chi connectivity index (χ0) is 18.7. The lowest BCUT2D eigenvalue weighted by Gasteiger charge is -2.31. The topological polar surface area (TPSA) is 80.5 Å². The predicted octanol–water partition coefficient (Wildman–Crippen LogP) is 3.98. The maximum absolute atomic E-state index is 12.6. The van der Waals surface area contributed by atoms with E-state index in [1.54, 1.807) is 17.0 Å². The van der Waals surface area contributed by atoms with Gasteiger partial charge in [-0.3, -0.25) is 19.7 Å². The molecule has 1 saturated heterocycles. The number of nitro benzene ring substituents is 1. The summed E-state index contributed by atoms with van der Waals surface area (Å²) in [7, 11) is 0. The molecule has 1 aliphatic heterocycles. The number of piperidine rings is 1. The van der Waals surface area contributed by atoms with Crippen LogP contribution in [0.25, 0.3) is 0 Å². The van der Waals surface area contributed by atoms with Gasteiger partial charge in [-0.15, -0.1) is 0 Å². The Kier molecular flexibility index (Phi) is 5.32. The van der Waals surface area contributed by atoms with Crippen LogP contribution in [-0.2, 0) is 0 Å². The molecule has 0 radical (unpaired) electrons. The molecule has 1 fully saturated rings. The molecule has 2 aromatic carbocycles. The maximum Gasteiger partial charge on any atom is 0.270 e. The van der Waals surface area contributed by atoms with Crippen molar-refractivity contribution in [2.24, 2.45) is 5.92 Å². The number of ketones is 1. The van der Waals surface area contributed by atoms with Crippen LogP contribution >= 0.6 is 11.6 Å². The van der Waals surface area contributed by atoms with Gasteiger partial charge in [-0.1, -0.05) is 41.9 Å². The normalized spacial score (nSPS) is 14.9. The fourth-order valence-electron chi connectivity index (χ4n) is 3.14. The number of rotatable bonds is 4. The molecular formula is C19H17ClN2O4. The Balaban J connectivity index is 1.65. The van der Waals surface area contributed by atoms with Gasteiger partial charge in [-0.05, 0) is 18.9 Å². The number of hydrogen-bond acceptors (Lipinski definition) is 4. The quantitative estimate of drug-likeness (QED) is 0.461. The fraction of sp³-hybridized carbons (Fsp3) is 0.263. The molecule has 3 rings (SSSR count). The highest BCUT2D eigenvalue weighted by Crippen LogP contribution is 2.27. The lowest BCUT2D eigenvalue weighted by molar-refractivity contribution is -0.384. The lowest BCUT2D eigenvalue weighted by atomic mass is 9.88. The predicted molar refractivity (Wildman–Crippen MR) is 97.5 cm³/mol. The van der Waals surface area contributed by atoms with Gasteiger partial charge in [0.15, 0.2) is 5.78 Å². The molecule has 0 spiro atoms. The minimum atomic E-state index is -0.555. The molecule has 0 N–H and O–H groups in total. The summed E-state index contributed by atoms with van der Waals surface area (Å²) in [4.78, 5) is 37.0. The van der Waals surface area contributed by atoms with Crippen LogP contribution in [0.2, 0.25) is 5.02 Å². The molecule has 26 heavy (non-hydrogen) atoms. The summed E-state index contributed by atoms with van der Waals surface area (Å²) in [6.45, 7) is 0.908. The van der Waals surface area contributed by atoms with E-state index in [4.69, 9.17) is 11.6 Å². The summed E-state index contributed by atoms with van der Waals surface area (Å²) < 4.78 is 0. The van der Waals surface area contributed by atoms with Crippen LogP contribution in [0, 0.1) is 16.0 Å². The molecule has 134 valence electrons. The van der Waals surface area contributed by atoms with Crippen molar-refractivity contribution >= 4 is 29.0 Å². The maximum atomic E-state index is 12.6. The number of carbonyl (C=O) groups excluding carboxylic acids is 2. The average molecular weight is 373 g/mol. The molecule has 0 atom stereocenters. The molecule has 1 amide bonds. The van der Waals surface area contributed by atoms with Crippen LogP contribution in [-0.4, -0.2) is 34.6 Å². The highest BCUT2D eigenvalue weighted by atomic mass is 35.5. The third kappa shape index (κ3) is 3.75. The van der Waals surface area contributed by atoms with E-state index in [2.05, 4.69) is 0 Å². The van der Waals surface area contributed by atoms with E-state index in [0.717, 1.165) is 0 Å². The second kappa shape index (κ2) is 7.66. The molecule has 0 bridgehead atoms.